The van der Waals surface area contributed by atoms with Crippen LogP contribution in [0, 0.1) is 5.92 Å². The molecular formula is C14H23NS. The molecule has 2 atom stereocenters. The second-order valence-corrected chi connectivity index (χ2v) is 5.68. The van der Waals surface area contributed by atoms with Gasteiger partial charge in [0.15, 0.2) is 0 Å². The van der Waals surface area contributed by atoms with E-state index in [9.17, 15) is 0 Å². The van der Waals surface area contributed by atoms with E-state index in [1.54, 1.807) is 0 Å². The Balaban J connectivity index is 2.63. The fraction of sp³-hybridized carbons (Fsp3) is 0.571. The zero-order valence-corrected chi connectivity index (χ0v) is 11.4. The molecule has 0 spiro atoms. The van der Waals surface area contributed by atoms with Gasteiger partial charge in [-0.05, 0) is 30.9 Å². The molecule has 0 heterocycles. The van der Waals surface area contributed by atoms with Crippen molar-refractivity contribution in [3.8, 4) is 0 Å². The van der Waals surface area contributed by atoms with Crippen LogP contribution in [0.1, 0.15) is 32.8 Å². The summed E-state index contributed by atoms with van der Waals surface area (Å²) >= 11 is 1.97. The van der Waals surface area contributed by atoms with Crippen molar-refractivity contribution in [1.82, 2.24) is 0 Å². The summed E-state index contributed by atoms with van der Waals surface area (Å²) in [6.45, 7) is 6.62. The molecule has 0 aliphatic carbocycles. The Morgan fingerprint density at radius 1 is 1.25 bits per heavy atom. The highest BCUT2D eigenvalue weighted by Crippen LogP contribution is 2.26. The lowest BCUT2D eigenvalue weighted by Gasteiger charge is -2.13. The number of hydrogen-bond acceptors (Lipinski definition) is 2. The summed E-state index contributed by atoms with van der Waals surface area (Å²) in [7, 11) is 0. The minimum Gasteiger partial charge on any atom is -0.328 e. The molecule has 1 aromatic rings. The third-order valence-electron chi connectivity index (χ3n) is 2.73. The highest BCUT2D eigenvalue weighted by Gasteiger charge is 2.06. The van der Waals surface area contributed by atoms with E-state index in [2.05, 4.69) is 45.0 Å². The zero-order valence-electron chi connectivity index (χ0n) is 10.6. The minimum atomic E-state index is 0.241. The van der Waals surface area contributed by atoms with Gasteiger partial charge in [-0.1, -0.05) is 38.5 Å². The highest BCUT2D eigenvalue weighted by molar-refractivity contribution is 7.99. The van der Waals surface area contributed by atoms with E-state index >= 15 is 0 Å². The molecule has 2 N–H and O–H groups in total. The van der Waals surface area contributed by atoms with Crippen LogP contribution in [0.5, 0.6) is 0 Å². The van der Waals surface area contributed by atoms with Crippen molar-refractivity contribution in [3.63, 3.8) is 0 Å². The van der Waals surface area contributed by atoms with Crippen LogP contribution < -0.4 is 5.73 Å². The molecule has 2 heteroatoms. The quantitative estimate of drug-likeness (QED) is 0.763. The van der Waals surface area contributed by atoms with Crippen LogP contribution in [0.25, 0.3) is 0 Å². The number of benzene rings is 1. The number of nitrogens with two attached hydrogens (primary N) is 1. The number of thioether (sulfide) groups is 1. The van der Waals surface area contributed by atoms with Gasteiger partial charge in [-0.2, -0.15) is 0 Å². The normalized spacial score (nSPS) is 14.8. The Hall–Kier alpha value is -0.470. The highest BCUT2D eigenvalue weighted by atomic mass is 32.2. The molecule has 1 nitrogen and oxygen atoms in total. The largest absolute Gasteiger partial charge is 0.328 e. The summed E-state index contributed by atoms with van der Waals surface area (Å²) in [6.07, 6.45) is 2.23. The van der Waals surface area contributed by atoms with E-state index in [1.165, 1.54) is 22.6 Å². The molecule has 0 fully saturated rings. The molecule has 0 aliphatic heterocycles. The monoisotopic (exact) mass is 237 g/mol. The standard InChI is InChI=1S/C14H23NS/c1-4-11(2)10-16-14-8-6-5-7-13(14)9-12(3)15/h5-8,11-12H,4,9-10,15H2,1-3H3. The average molecular weight is 237 g/mol. The van der Waals surface area contributed by atoms with Gasteiger partial charge in [-0.15, -0.1) is 11.8 Å². The van der Waals surface area contributed by atoms with Gasteiger partial charge in [0, 0.05) is 16.7 Å². The van der Waals surface area contributed by atoms with Crippen molar-refractivity contribution in [1.29, 1.82) is 0 Å². The van der Waals surface area contributed by atoms with Gasteiger partial charge >= 0.3 is 0 Å². The molecule has 0 aliphatic rings. The molecular weight excluding hydrogens is 214 g/mol. The van der Waals surface area contributed by atoms with E-state index in [4.69, 9.17) is 5.73 Å². The predicted octanol–water partition coefficient (Wildman–Crippen LogP) is 3.71. The van der Waals surface area contributed by atoms with Gasteiger partial charge < -0.3 is 5.73 Å². The Morgan fingerprint density at radius 2 is 1.94 bits per heavy atom. The lowest BCUT2D eigenvalue weighted by molar-refractivity contribution is 0.636. The van der Waals surface area contributed by atoms with Crippen molar-refractivity contribution in [2.24, 2.45) is 11.7 Å². The fourth-order valence-corrected chi connectivity index (χ4v) is 2.72. The van der Waals surface area contributed by atoms with Crippen molar-refractivity contribution in [2.45, 2.75) is 44.6 Å². The predicted molar refractivity (Wildman–Crippen MR) is 74.0 cm³/mol. The third kappa shape index (κ3) is 4.58. The van der Waals surface area contributed by atoms with Crippen molar-refractivity contribution in [3.05, 3.63) is 29.8 Å². The first-order valence-corrected chi connectivity index (χ1v) is 7.08. The molecule has 1 aromatic carbocycles. The second kappa shape index (κ2) is 6.97. The molecule has 0 radical (unpaired) electrons. The average Bonchev–Trinajstić information content (AvgIpc) is 2.26. The summed E-state index contributed by atoms with van der Waals surface area (Å²) in [4.78, 5) is 1.40. The van der Waals surface area contributed by atoms with Crippen LogP contribution >= 0.6 is 11.8 Å². The Labute approximate surface area is 104 Å². The summed E-state index contributed by atoms with van der Waals surface area (Å²) in [6, 6.07) is 8.87. The van der Waals surface area contributed by atoms with Gasteiger partial charge in [0.1, 0.15) is 0 Å². The van der Waals surface area contributed by atoms with Crippen molar-refractivity contribution in [2.75, 3.05) is 5.75 Å². The maximum Gasteiger partial charge on any atom is 0.0105 e. The first kappa shape index (κ1) is 13.6. The van der Waals surface area contributed by atoms with E-state index in [-0.39, 0.29) is 6.04 Å². The van der Waals surface area contributed by atoms with Gasteiger partial charge in [-0.25, -0.2) is 0 Å². The third-order valence-corrected chi connectivity index (χ3v) is 4.18. The fourth-order valence-electron chi connectivity index (χ4n) is 1.51. The molecule has 90 valence electrons. The number of hydrogen-bond donors (Lipinski definition) is 1. The summed E-state index contributed by atoms with van der Waals surface area (Å²) < 4.78 is 0. The number of rotatable bonds is 6. The van der Waals surface area contributed by atoms with Gasteiger partial charge in [0.05, 0.1) is 0 Å². The van der Waals surface area contributed by atoms with E-state index in [0.29, 0.717) is 0 Å². The van der Waals surface area contributed by atoms with Crippen LogP contribution in [-0.2, 0) is 6.42 Å². The van der Waals surface area contributed by atoms with Crippen LogP contribution in [0.15, 0.2) is 29.2 Å². The van der Waals surface area contributed by atoms with E-state index in [0.717, 1.165) is 12.3 Å². The molecule has 0 aromatic heterocycles. The van der Waals surface area contributed by atoms with Crippen LogP contribution in [0.2, 0.25) is 0 Å². The Kier molecular flexibility index (Phi) is 5.93. The molecule has 1 rings (SSSR count). The molecule has 0 saturated carbocycles. The molecule has 0 amide bonds. The SMILES string of the molecule is CCC(C)CSc1ccccc1CC(C)N. The van der Waals surface area contributed by atoms with Crippen LogP contribution in [0.3, 0.4) is 0 Å². The maximum atomic E-state index is 5.87. The molecule has 16 heavy (non-hydrogen) atoms. The lowest BCUT2D eigenvalue weighted by Crippen LogP contribution is -2.18. The minimum absolute atomic E-state index is 0.241. The van der Waals surface area contributed by atoms with E-state index in [1.807, 2.05) is 11.8 Å². The second-order valence-electron chi connectivity index (χ2n) is 4.61. The summed E-state index contributed by atoms with van der Waals surface area (Å²) in [5.41, 5.74) is 7.26. The van der Waals surface area contributed by atoms with Gasteiger partial charge in [0.2, 0.25) is 0 Å². The maximum absolute atomic E-state index is 5.87. The zero-order chi connectivity index (χ0) is 12.0. The molecule has 2 unspecified atom stereocenters. The van der Waals surface area contributed by atoms with Gasteiger partial charge in [0.25, 0.3) is 0 Å². The lowest BCUT2D eigenvalue weighted by atomic mass is 10.1. The summed E-state index contributed by atoms with van der Waals surface area (Å²) in [5.74, 6) is 1.99. The molecule has 0 bridgehead atoms. The first-order valence-electron chi connectivity index (χ1n) is 6.09. The summed E-state index contributed by atoms with van der Waals surface area (Å²) in [5, 5.41) is 0. The van der Waals surface area contributed by atoms with E-state index < -0.39 is 0 Å². The smallest absolute Gasteiger partial charge is 0.0105 e. The Bertz CT molecular complexity index is 309. The van der Waals surface area contributed by atoms with Crippen LogP contribution in [-0.4, -0.2) is 11.8 Å². The first-order chi connectivity index (χ1) is 7.63. The van der Waals surface area contributed by atoms with Gasteiger partial charge in [-0.3, -0.25) is 0 Å². The van der Waals surface area contributed by atoms with Crippen molar-refractivity contribution < 1.29 is 0 Å². The molecule has 0 saturated heterocycles. The topological polar surface area (TPSA) is 26.0 Å². The van der Waals surface area contributed by atoms with Crippen LogP contribution in [0.4, 0.5) is 0 Å². The van der Waals surface area contributed by atoms with Crippen molar-refractivity contribution >= 4 is 11.8 Å². The Morgan fingerprint density at radius 3 is 2.56 bits per heavy atom.